The second-order valence-corrected chi connectivity index (χ2v) is 1.59. The van der Waals surface area contributed by atoms with Gasteiger partial charge in [0.15, 0.2) is 5.76 Å². The Kier molecular flexibility index (Phi) is 5.44. The highest BCUT2D eigenvalue weighted by Gasteiger charge is 1.87. The molecule has 0 aromatic carbocycles. The van der Waals surface area contributed by atoms with E-state index in [1.165, 1.54) is 0 Å². The molecular weight excluding hydrogens is 132 g/mol. The lowest BCUT2D eigenvalue weighted by molar-refractivity contribution is -0.260. The summed E-state index contributed by atoms with van der Waals surface area (Å²) < 4.78 is 0. The molecule has 0 spiro atoms. The van der Waals surface area contributed by atoms with Gasteiger partial charge in [-0.05, 0) is 0 Å². The number of hydrogen-bond donors (Lipinski definition) is 0. The standard InChI is InChI=1S/C7H10O3/c1-3-7(2)10-9-6-4-5-8/h5H,1,4,6H2,2H3. The highest BCUT2D eigenvalue weighted by molar-refractivity contribution is 5.49. The average molecular weight is 142 g/mol. The van der Waals surface area contributed by atoms with E-state index in [4.69, 9.17) is 0 Å². The van der Waals surface area contributed by atoms with Gasteiger partial charge in [-0.3, -0.25) is 0 Å². The molecular formula is C7H10O3. The Labute approximate surface area is 59.9 Å². The van der Waals surface area contributed by atoms with Crippen molar-refractivity contribution >= 4 is 6.29 Å². The Morgan fingerprint density at radius 3 is 3.00 bits per heavy atom. The molecule has 3 heteroatoms. The Balaban J connectivity index is 3.20. The second kappa shape index (κ2) is 6.08. The highest BCUT2D eigenvalue weighted by Crippen LogP contribution is 1.92. The Hall–Kier alpha value is -1.05. The third-order valence-electron chi connectivity index (χ3n) is 0.752. The molecule has 3 nitrogen and oxygen atoms in total. The normalized spacial score (nSPS) is 8.10. The van der Waals surface area contributed by atoms with Crippen LogP contribution in [-0.4, -0.2) is 12.9 Å². The van der Waals surface area contributed by atoms with Gasteiger partial charge in [-0.25, -0.2) is 0 Å². The third kappa shape index (κ3) is 5.09. The lowest BCUT2D eigenvalue weighted by Gasteiger charge is -1.99. The van der Waals surface area contributed by atoms with Gasteiger partial charge in [0, 0.05) is 13.3 Å². The first-order valence-corrected chi connectivity index (χ1v) is 2.91. The predicted octanol–water partition coefficient (Wildman–Crippen LogP) is 1.21. The van der Waals surface area contributed by atoms with Crippen molar-refractivity contribution in [2.24, 2.45) is 0 Å². The summed E-state index contributed by atoms with van der Waals surface area (Å²) in [7, 11) is 0. The summed E-state index contributed by atoms with van der Waals surface area (Å²) in [5.74, 6) is 0.464. The van der Waals surface area contributed by atoms with Crippen molar-refractivity contribution in [2.45, 2.75) is 13.3 Å². The molecule has 0 aromatic heterocycles. The molecule has 0 rings (SSSR count). The van der Waals surface area contributed by atoms with Crippen LogP contribution in [-0.2, 0) is 14.6 Å². The predicted molar refractivity (Wildman–Crippen MR) is 36.0 cm³/mol. The van der Waals surface area contributed by atoms with E-state index in [1.54, 1.807) is 6.92 Å². The van der Waals surface area contributed by atoms with Crippen molar-refractivity contribution in [3.8, 4) is 0 Å². The van der Waals surface area contributed by atoms with E-state index in [-0.39, 0.29) is 6.61 Å². The van der Waals surface area contributed by atoms with Crippen molar-refractivity contribution in [1.82, 2.24) is 0 Å². The van der Waals surface area contributed by atoms with Crippen LogP contribution in [0, 0.1) is 0 Å². The number of carbonyl (C=O) groups excluding carboxylic acids is 1. The van der Waals surface area contributed by atoms with Crippen LogP contribution < -0.4 is 0 Å². The third-order valence-corrected chi connectivity index (χ3v) is 0.752. The van der Waals surface area contributed by atoms with Crippen LogP contribution in [0.4, 0.5) is 0 Å². The summed E-state index contributed by atoms with van der Waals surface area (Å²) in [6.07, 6.45) is 1.10. The van der Waals surface area contributed by atoms with Crippen molar-refractivity contribution in [1.29, 1.82) is 0 Å². The summed E-state index contributed by atoms with van der Waals surface area (Å²) in [4.78, 5) is 18.9. The van der Waals surface area contributed by atoms with E-state index in [1.807, 2.05) is 0 Å². The van der Waals surface area contributed by atoms with E-state index < -0.39 is 0 Å². The number of carbonyl (C=O) groups is 1. The number of hydrogen-bond acceptors (Lipinski definition) is 3. The van der Waals surface area contributed by atoms with Gasteiger partial charge in [-0.1, -0.05) is 12.3 Å². The van der Waals surface area contributed by atoms with E-state index >= 15 is 0 Å². The zero-order chi connectivity index (χ0) is 7.82. The molecule has 0 aromatic rings. The van der Waals surface area contributed by atoms with E-state index in [2.05, 4.69) is 22.1 Å². The summed E-state index contributed by atoms with van der Waals surface area (Å²) in [5, 5.41) is 0. The Morgan fingerprint density at radius 2 is 2.50 bits per heavy atom. The molecule has 0 radical (unpaired) electrons. The SMILES string of the molecule is C=C=C(C)OOCCC=O. The zero-order valence-electron chi connectivity index (χ0n) is 5.92. The van der Waals surface area contributed by atoms with Gasteiger partial charge in [0.1, 0.15) is 12.9 Å². The minimum atomic E-state index is 0.266. The van der Waals surface area contributed by atoms with Crippen molar-refractivity contribution in [3.63, 3.8) is 0 Å². The molecule has 0 atom stereocenters. The first kappa shape index (κ1) is 8.95. The molecule has 0 aliphatic carbocycles. The molecule has 0 fully saturated rings. The topological polar surface area (TPSA) is 35.5 Å². The second-order valence-electron chi connectivity index (χ2n) is 1.59. The quantitative estimate of drug-likeness (QED) is 0.144. The van der Waals surface area contributed by atoms with Gasteiger partial charge in [0.25, 0.3) is 0 Å². The van der Waals surface area contributed by atoms with Gasteiger partial charge < -0.3 is 9.68 Å². The molecule has 56 valence electrons. The lowest BCUT2D eigenvalue weighted by Crippen LogP contribution is -1.94. The van der Waals surface area contributed by atoms with Crippen molar-refractivity contribution < 1.29 is 14.6 Å². The van der Waals surface area contributed by atoms with Crippen molar-refractivity contribution in [2.75, 3.05) is 6.61 Å². The first-order valence-electron chi connectivity index (χ1n) is 2.91. The largest absolute Gasteiger partial charge is 0.334 e. The van der Waals surface area contributed by atoms with E-state index in [9.17, 15) is 4.79 Å². The van der Waals surface area contributed by atoms with Crippen LogP contribution in [0.5, 0.6) is 0 Å². The lowest BCUT2D eigenvalue weighted by atomic mass is 10.5. The molecule has 0 aliphatic heterocycles. The summed E-state index contributed by atoms with van der Waals surface area (Å²) in [6, 6.07) is 0. The Morgan fingerprint density at radius 1 is 1.80 bits per heavy atom. The van der Waals surface area contributed by atoms with Crippen LogP contribution in [0.15, 0.2) is 18.1 Å². The maximum absolute atomic E-state index is 9.75. The minimum Gasteiger partial charge on any atom is -0.334 e. The minimum absolute atomic E-state index is 0.266. The molecule has 0 N–H and O–H groups in total. The fourth-order valence-corrected chi connectivity index (χ4v) is 0.256. The maximum atomic E-state index is 9.75. The monoisotopic (exact) mass is 142 g/mol. The smallest absolute Gasteiger partial charge is 0.180 e. The molecule has 0 saturated heterocycles. The average Bonchev–Trinajstić information content (AvgIpc) is 1.98. The molecule has 0 aliphatic rings. The molecule has 0 bridgehead atoms. The van der Waals surface area contributed by atoms with Gasteiger partial charge in [-0.15, -0.1) is 0 Å². The zero-order valence-corrected chi connectivity index (χ0v) is 5.92. The van der Waals surface area contributed by atoms with Gasteiger partial charge in [-0.2, -0.15) is 4.89 Å². The number of allylic oxidation sites excluding steroid dienone is 1. The van der Waals surface area contributed by atoms with Crippen LogP contribution in [0.25, 0.3) is 0 Å². The van der Waals surface area contributed by atoms with Crippen LogP contribution >= 0.6 is 0 Å². The van der Waals surface area contributed by atoms with Gasteiger partial charge in [0.05, 0.1) is 0 Å². The van der Waals surface area contributed by atoms with Crippen LogP contribution in [0.1, 0.15) is 13.3 Å². The summed E-state index contributed by atoms with van der Waals surface area (Å²) >= 11 is 0. The molecule has 0 unspecified atom stereocenters. The number of rotatable bonds is 5. The Bertz CT molecular complexity index is 145. The first-order chi connectivity index (χ1) is 4.81. The summed E-state index contributed by atoms with van der Waals surface area (Å²) in [6.45, 7) is 5.25. The van der Waals surface area contributed by atoms with Crippen LogP contribution in [0.3, 0.4) is 0 Å². The van der Waals surface area contributed by atoms with Gasteiger partial charge >= 0.3 is 0 Å². The fourth-order valence-electron chi connectivity index (χ4n) is 0.256. The molecule has 0 heterocycles. The highest BCUT2D eigenvalue weighted by atomic mass is 17.2. The fraction of sp³-hybridized carbons (Fsp3) is 0.429. The summed E-state index contributed by atoms with van der Waals surface area (Å²) in [5.41, 5.74) is 2.47. The number of aldehydes is 1. The van der Waals surface area contributed by atoms with E-state index in [0.29, 0.717) is 12.2 Å². The van der Waals surface area contributed by atoms with E-state index in [0.717, 1.165) is 6.29 Å². The molecule has 0 saturated carbocycles. The van der Waals surface area contributed by atoms with Crippen LogP contribution in [0.2, 0.25) is 0 Å². The van der Waals surface area contributed by atoms with Crippen molar-refractivity contribution in [3.05, 3.63) is 18.1 Å². The maximum Gasteiger partial charge on any atom is 0.180 e. The van der Waals surface area contributed by atoms with Gasteiger partial charge in [0.2, 0.25) is 0 Å². The molecule has 0 amide bonds. The molecule has 10 heavy (non-hydrogen) atoms.